The Bertz CT molecular complexity index is 462. The number of halogens is 1. The van der Waals surface area contributed by atoms with Crippen molar-refractivity contribution in [1.29, 1.82) is 0 Å². The molecule has 0 amide bonds. The first-order chi connectivity index (χ1) is 9.72. The van der Waals surface area contributed by atoms with Crippen LogP contribution in [0.4, 0.5) is 0 Å². The quantitative estimate of drug-likeness (QED) is 0.855. The van der Waals surface area contributed by atoms with Gasteiger partial charge < -0.3 is 10.1 Å². The second-order valence-electron chi connectivity index (χ2n) is 6.27. The Morgan fingerprint density at radius 3 is 2.95 bits per heavy atom. The molecule has 1 aliphatic heterocycles. The van der Waals surface area contributed by atoms with Gasteiger partial charge in [-0.25, -0.2) is 0 Å². The number of nitrogens with one attached hydrogen (secondary N) is 1. The molecule has 3 heteroatoms. The van der Waals surface area contributed by atoms with Crippen LogP contribution in [0.3, 0.4) is 0 Å². The molecule has 1 heterocycles. The zero-order valence-electron chi connectivity index (χ0n) is 12.2. The maximum atomic E-state index is 6.40. The summed E-state index contributed by atoms with van der Waals surface area (Å²) in [5.74, 6) is 1.70. The average Bonchev–Trinajstić information content (AvgIpc) is 2.83. The first-order valence-electron chi connectivity index (χ1n) is 7.83. The molecule has 2 aliphatic rings. The molecule has 1 N–H and O–H groups in total. The molecule has 3 rings (SSSR count). The Kier molecular flexibility index (Phi) is 4.52. The fourth-order valence-corrected chi connectivity index (χ4v) is 3.75. The van der Waals surface area contributed by atoms with Gasteiger partial charge in [0, 0.05) is 18.3 Å². The Hall–Kier alpha value is -0.730. The highest BCUT2D eigenvalue weighted by molar-refractivity contribution is 6.20. The molecule has 0 radical (unpaired) electrons. The van der Waals surface area contributed by atoms with Gasteiger partial charge in [-0.15, -0.1) is 11.6 Å². The van der Waals surface area contributed by atoms with E-state index in [1.54, 1.807) is 0 Å². The maximum absolute atomic E-state index is 6.40. The van der Waals surface area contributed by atoms with E-state index >= 15 is 0 Å². The van der Waals surface area contributed by atoms with Crippen LogP contribution < -0.4 is 10.1 Å². The number of hydrogen-bond acceptors (Lipinski definition) is 2. The maximum Gasteiger partial charge on any atom is 0.123 e. The summed E-state index contributed by atoms with van der Waals surface area (Å²) >= 11 is 6.40. The number of alkyl halides is 1. The minimum atomic E-state index is 0.282. The van der Waals surface area contributed by atoms with Crippen LogP contribution in [0.2, 0.25) is 0 Å². The number of fused-ring (bicyclic) bond motifs is 1. The van der Waals surface area contributed by atoms with Gasteiger partial charge in [0.05, 0.1) is 0 Å². The van der Waals surface area contributed by atoms with Gasteiger partial charge in [-0.1, -0.05) is 30.5 Å². The second-order valence-corrected chi connectivity index (χ2v) is 6.83. The van der Waals surface area contributed by atoms with E-state index < -0.39 is 0 Å². The summed E-state index contributed by atoms with van der Waals surface area (Å²) in [6, 6.07) is 6.46. The Balaban J connectivity index is 1.44. The van der Waals surface area contributed by atoms with E-state index in [1.807, 2.05) is 0 Å². The van der Waals surface area contributed by atoms with Crippen LogP contribution in [-0.2, 0) is 6.42 Å². The number of hydrogen-bond donors (Lipinski definition) is 1. The lowest BCUT2D eigenvalue weighted by molar-refractivity contribution is 0.221. The third-order valence-electron chi connectivity index (χ3n) is 4.55. The van der Waals surface area contributed by atoms with Crippen LogP contribution in [0.1, 0.15) is 36.8 Å². The Labute approximate surface area is 126 Å². The van der Waals surface area contributed by atoms with E-state index in [-0.39, 0.29) is 6.10 Å². The van der Waals surface area contributed by atoms with Gasteiger partial charge in [0.15, 0.2) is 0 Å². The molecule has 1 aromatic carbocycles. The van der Waals surface area contributed by atoms with Crippen LogP contribution in [0, 0.1) is 12.8 Å². The molecule has 3 unspecified atom stereocenters. The van der Waals surface area contributed by atoms with E-state index in [4.69, 9.17) is 16.3 Å². The average molecular weight is 294 g/mol. The normalized spacial score (nSPS) is 29.0. The number of rotatable bonds is 4. The van der Waals surface area contributed by atoms with Crippen molar-refractivity contribution < 1.29 is 4.74 Å². The fourth-order valence-electron chi connectivity index (χ4n) is 3.39. The second kappa shape index (κ2) is 6.36. The molecule has 20 heavy (non-hydrogen) atoms. The molecular weight excluding hydrogens is 270 g/mol. The van der Waals surface area contributed by atoms with Gasteiger partial charge in [0.25, 0.3) is 0 Å². The SMILES string of the molecule is Cc1ccc2c(c1)CC(CNCC1CCCCC1Cl)O2. The van der Waals surface area contributed by atoms with Crippen molar-refractivity contribution in [2.24, 2.45) is 5.92 Å². The van der Waals surface area contributed by atoms with Gasteiger partial charge in [-0.3, -0.25) is 0 Å². The molecule has 0 aromatic heterocycles. The smallest absolute Gasteiger partial charge is 0.123 e. The molecule has 1 aliphatic carbocycles. The van der Waals surface area contributed by atoms with Crippen molar-refractivity contribution in [1.82, 2.24) is 5.32 Å². The van der Waals surface area contributed by atoms with E-state index in [2.05, 4.69) is 30.4 Å². The summed E-state index contributed by atoms with van der Waals surface area (Å²) in [6.45, 7) is 4.09. The van der Waals surface area contributed by atoms with Crippen molar-refractivity contribution in [2.45, 2.75) is 50.5 Å². The third-order valence-corrected chi connectivity index (χ3v) is 5.13. The van der Waals surface area contributed by atoms with E-state index in [9.17, 15) is 0 Å². The lowest BCUT2D eigenvalue weighted by Crippen LogP contribution is -2.36. The zero-order chi connectivity index (χ0) is 13.9. The molecule has 1 aromatic rings. The minimum absolute atomic E-state index is 0.282. The largest absolute Gasteiger partial charge is 0.488 e. The van der Waals surface area contributed by atoms with Crippen molar-refractivity contribution in [3.8, 4) is 5.75 Å². The molecule has 0 spiro atoms. The highest BCUT2D eigenvalue weighted by atomic mass is 35.5. The van der Waals surface area contributed by atoms with Gasteiger partial charge in [0.1, 0.15) is 11.9 Å². The van der Waals surface area contributed by atoms with E-state index in [0.717, 1.165) is 25.3 Å². The molecule has 2 nitrogen and oxygen atoms in total. The summed E-state index contributed by atoms with van der Waals surface area (Å²) in [5.41, 5.74) is 2.66. The van der Waals surface area contributed by atoms with Crippen LogP contribution in [0.15, 0.2) is 18.2 Å². The molecule has 0 bridgehead atoms. The van der Waals surface area contributed by atoms with Gasteiger partial charge in [-0.2, -0.15) is 0 Å². The molecule has 1 saturated carbocycles. The standard InChI is InChI=1S/C17H24ClNO/c1-12-6-7-17-14(8-12)9-15(20-17)11-19-10-13-4-2-3-5-16(13)18/h6-8,13,15-16,19H,2-5,9-11H2,1H3. The third kappa shape index (κ3) is 3.29. The molecule has 3 atom stereocenters. The summed E-state index contributed by atoms with van der Waals surface area (Å²) in [6.07, 6.45) is 6.39. The van der Waals surface area contributed by atoms with Gasteiger partial charge in [-0.05, 0) is 43.9 Å². The van der Waals surface area contributed by atoms with E-state index in [0.29, 0.717) is 11.3 Å². The van der Waals surface area contributed by atoms with Crippen molar-refractivity contribution >= 4 is 11.6 Å². The van der Waals surface area contributed by atoms with Crippen LogP contribution in [-0.4, -0.2) is 24.6 Å². The van der Waals surface area contributed by atoms with Crippen molar-refractivity contribution in [3.05, 3.63) is 29.3 Å². The molecule has 0 saturated heterocycles. The lowest BCUT2D eigenvalue weighted by atomic mass is 9.89. The van der Waals surface area contributed by atoms with Crippen molar-refractivity contribution in [2.75, 3.05) is 13.1 Å². The van der Waals surface area contributed by atoms with Crippen LogP contribution in [0.25, 0.3) is 0 Å². The highest BCUT2D eigenvalue weighted by Crippen LogP contribution is 2.30. The first-order valence-corrected chi connectivity index (χ1v) is 8.27. The zero-order valence-corrected chi connectivity index (χ0v) is 13.0. The highest BCUT2D eigenvalue weighted by Gasteiger charge is 2.25. The number of ether oxygens (including phenoxy) is 1. The summed E-state index contributed by atoms with van der Waals surface area (Å²) in [4.78, 5) is 0. The Morgan fingerprint density at radius 2 is 2.10 bits per heavy atom. The predicted octanol–water partition coefficient (Wildman–Crippen LogP) is 3.69. The number of benzene rings is 1. The minimum Gasteiger partial charge on any atom is -0.488 e. The Morgan fingerprint density at radius 1 is 1.25 bits per heavy atom. The summed E-state index contributed by atoms with van der Waals surface area (Å²) in [5, 5.41) is 3.93. The molecule has 1 fully saturated rings. The lowest BCUT2D eigenvalue weighted by Gasteiger charge is -2.27. The summed E-state index contributed by atoms with van der Waals surface area (Å²) < 4.78 is 5.98. The van der Waals surface area contributed by atoms with Crippen LogP contribution >= 0.6 is 11.6 Å². The van der Waals surface area contributed by atoms with Crippen molar-refractivity contribution in [3.63, 3.8) is 0 Å². The van der Waals surface area contributed by atoms with Gasteiger partial charge in [0.2, 0.25) is 0 Å². The molecule has 110 valence electrons. The topological polar surface area (TPSA) is 21.3 Å². The van der Waals surface area contributed by atoms with Crippen LogP contribution in [0.5, 0.6) is 5.75 Å². The first kappa shape index (κ1) is 14.2. The summed E-state index contributed by atoms with van der Waals surface area (Å²) in [7, 11) is 0. The van der Waals surface area contributed by atoms with Gasteiger partial charge >= 0.3 is 0 Å². The monoisotopic (exact) mass is 293 g/mol. The number of aryl methyl sites for hydroxylation is 1. The fraction of sp³-hybridized carbons (Fsp3) is 0.647. The predicted molar refractivity (Wildman–Crippen MR) is 83.8 cm³/mol. The molecular formula is C17H24ClNO. The van der Waals surface area contributed by atoms with E-state index in [1.165, 1.54) is 36.8 Å².